The summed E-state index contributed by atoms with van der Waals surface area (Å²) in [6.45, 7) is 6.10. The molecule has 2 aromatic heterocycles. The highest BCUT2D eigenvalue weighted by Gasteiger charge is 2.18. The fourth-order valence-corrected chi connectivity index (χ4v) is 3.64. The van der Waals surface area contributed by atoms with E-state index in [0.717, 1.165) is 54.2 Å². The van der Waals surface area contributed by atoms with Crippen molar-refractivity contribution in [2.45, 2.75) is 33.1 Å². The predicted octanol–water partition coefficient (Wildman–Crippen LogP) is 2.60. The number of nitrogens with zero attached hydrogens (tertiary/aromatic N) is 3. The molecule has 1 saturated heterocycles. The van der Waals surface area contributed by atoms with Crippen molar-refractivity contribution in [1.29, 1.82) is 0 Å². The Hall–Kier alpha value is -1.69. The molecule has 0 spiro atoms. The van der Waals surface area contributed by atoms with Crippen LogP contribution in [0, 0.1) is 6.92 Å². The molecule has 1 aliphatic rings. The molecule has 3 heterocycles. The maximum absolute atomic E-state index is 12.1. The van der Waals surface area contributed by atoms with Gasteiger partial charge in [0.15, 0.2) is 0 Å². The molecule has 2 aromatic rings. The lowest BCUT2D eigenvalue weighted by Crippen LogP contribution is -2.33. The van der Waals surface area contributed by atoms with Gasteiger partial charge in [0.25, 0.3) is 0 Å². The zero-order valence-corrected chi connectivity index (χ0v) is 13.3. The van der Waals surface area contributed by atoms with Gasteiger partial charge in [0.05, 0.1) is 11.9 Å². The first-order valence-corrected chi connectivity index (χ1v) is 8.27. The van der Waals surface area contributed by atoms with Crippen LogP contribution in [0.4, 0.5) is 5.82 Å². The number of carbonyl (C=O) groups excluding carboxylic acids is 1. The Bertz CT molecular complexity index is 661. The van der Waals surface area contributed by atoms with Gasteiger partial charge in [0.2, 0.25) is 5.91 Å². The van der Waals surface area contributed by atoms with Gasteiger partial charge in [-0.2, -0.15) is 0 Å². The molecule has 1 amide bonds. The first-order valence-electron chi connectivity index (χ1n) is 7.46. The molecule has 1 N–H and O–H groups in total. The summed E-state index contributed by atoms with van der Waals surface area (Å²) in [6, 6.07) is 2.13. The number of aryl methyl sites for hydroxylation is 2. The molecule has 5 nitrogen and oxygen atoms in total. The van der Waals surface area contributed by atoms with E-state index in [4.69, 9.17) is 0 Å². The van der Waals surface area contributed by atoms with Gasteiger partial charge in [-0.1, -0.05) is 6.92 Å². The second-order valence-corrected chi connectivity index (χ2v) is 6.46. The van der Waals surface area contributed by atoms with E-state index in [9.17, 15) is 4.79 Å². The Morgan fingerprint density at radius 1 is 1.38 bits per heavy atom. The predicted molar refractivity (Wildman–Crippen MR) is 85.8 cm³/mol. The van der Waals surface area contributed by atoms with Crippen molar-refractivity contribution < 1.29 is 4.79 Å². The topological polar surface area (TPSA) is 58.1 Å². The molecule has 1 aliphatic heterocycles. The van der Waals surface area contributed by atoms with E-state index in [-0.39, 0.29) is 5.91 Å². The van der Waals surface area contributed by atoms with E-state index in [1.54, 1.807) is 11.3 Å². The van der Waals surface area contributed by atoms with Crippen molar-refractivity contribution in [2.75, 3.05) is 25.0 Å². The van der Waals surface area contributed by atoms with Crippen LogP contribution in [-0.2, 0) is 11.2 Å². The second kappa shape index (κ2) is 5.97. The van der Waals surface area contributed by atoms with Crippen molar-refractivity contribution in [3.05, 3.63) is 16.8 Å². The van der Waals surface area contributed by atoms with E-state index in [0.29, 0.717) is 6.54 Å². The molecular weight excluding hydrogens is 284 g/mol. The van der Waals surface area contributed by atoms with E-state index in [2.05, 4.69) is 28.3 Å². The number of rotatable bonds is 4. The lowest BCUT2D eigenvalue weighted by molar-refractivity contribution is -0.128. The van der Waals surface area contributed by atoms with Crippen LogP contribution < -0.4 is 5.32 Å². The Morgan fingerprint density at radius 3 is 2.86 bits per heavy atom. The zero-order valence-electron chi connectivity index (χ0n) is 12.5. The van der Waals surface area contributed by atoms with E-state index < -0.39 is 0 Å². The van der Waals surface area contributed by atoms with Crippen LogP contribution >= 0.6 is 11.3 Å². The first-order chi connectivity index (χ1) is 10.2. The summed E-state index contributed by atoms with van der Waals surface area (Å²) in [6.07, 6.45) is 3.23. The molecule has 21 heavy (non-hydrogen) atoms. The molecule has 0 bridgehead atoms. The number of thiophene rings is 1. The number of aromatic nitrogens is 2. The largest absolute Gasteiger partial charge is 0.360 e. The third kappa shape index (κ3) is 3.00. The summed E-state index contributed by atoms with van der Waals surface area (Å²) in [4.78, 5) is 25.3. The smallest absolute Gasteiger partial charge is 0.241 e. The quantitative estimate of drug-likeness (QED) is 0.943. The molecule has 0 unspecified atom stereocenters. The highest BCUT2D eigenvalue weighted by Crippen LogP contribution is 2.29. The summed E-state index contributed by atoms with van der Waals surface area (Å²) in [7, 11) is 0. The number of carbonyl (C=O) groups is 1. The molecule has 0 aliphatic carbocycles. The van der Waals surface area contributed by atoms with Gasteiger partial charge in [-0.15, -0.1) is 11.3 Å². The second-order valence-electron chi connectivity index (χ2n) is 5.35. The van der Waals surface area contributed by atoms with Crippen molar-refractivity contribution in [1.82, 2.24) is 14.9 Å². The summed E-state index contributed by atoms with van der Waals surface area (Å²) < 4.78 is 0. The van der Waals surface area contributed by atoms with E-state index >= 15 is 0 Å². The number of hydrogen-bond donors (Lipinski definition) is 1. The van der Waals surface area contributed by atoms with Crippen LogP contribution in [0.25, 0.3) is 10.2 Å². The number of fused-ring (bicyclic) bond motifs is 1. The third-order valence-electron chi connectivity index (χ3n) is 3.77. The number of anilines is 1. The normalized spacial score (nSPS) is 14.9. The Labute approximate surface area is 128 Å². The van der Waals surface area contributed by atoms with Gasteiger partial charge >= 0.3 is 0 Å². The molecule has 0 radical (unpaired) electrons. The lowest BCUT2D eigenvalue weighted by atomic mass is 10.3. The summed E-state index contributed by atoms with van der Waals surface area (Å²) in [5.74, 6) is 1.67. The number of amides is 1. The van der Waals surface area contributed by atoms with Crippen LogP contribution in [0.2, 0.25) is 0 Å². The van der Waals surface area contributed by atoms with Gasteiger partial charge in [-0.3, -0.25) is 4.79 Å². The number of nitrogens with one attached hydrogen (secondary N) is 1. The van der Waals surface area contributed by atoms with Gasteiger partial charge in [-0.05, 0) is 32.3 Å². The average molecular weight is 304 g/mol. The number of hydrogen-bond acceptors (Lipinski definition) is 5. The molecular formula is C15H20N4OS. The van der Waals surface area contributed by atoms with Crippen molar-refractivity contribution >= 4 is 33.3 Å². The SMILES string of the molecule is CCc1cc2c(NCC(=O)N3CCCC3)nc(C)nc2s1. The molecule has 0 aromatic carbocycles. The van der Waals surface area contributed by atoms with Crippen molar-refractivity contribution in [3.63, 3.8) is 0 Å². The standard InChI is InChI=1S/C15H20N4OS/c1-3-11-8-12-14(17-10(2)18-15(12)21-11)16-9-13(20)19-6-4-5-7-19/h8H,3-7,9H2,1-2H3,(H,16,17,18). The van der Waals surface area contributed by atoms with E-state index in [1.807, 2.05) is 11.8 Å². The number of likely N-dealkylation sites (tertiary alicyclic amines) is 1. The zero-order chi connectivity index (χ0) is 14.8. The fraction of sp³-hybridized carbons (Fsp3) is 0.533. The molecule has 6 heteroatoms. The van der Waals surface area contributed by atoms with Gasteiger partial charge in [0.1, 0.15) is 16.5 Å². The van der Waals surface area contributed by atoms with Crippen LogP contribution in [0.5, 0.6) is 0 Å². The summed E-state index contributed by atoms with van der Waals surface area (Å²) >= 11 is 1.70. The molecule has 0 atom stereocenters. The minimum absolute atomic E-state index is 0.155. The molecule has 0 saturated carbocycles. The monoisotopic (exact) mass is 304 g/mol. The molecule has 112 valence electrons. The minimum atomic E-state index is 0.155. The Kier molecular flexibility index (Phi) is 4.05. The third-order valence-corrected chi connectivity index (χ3v) is 4.94. The highest BCUT2D eigenvalue weighted by molar-refractivity contribution is 7.18. The van der Waals surface area contributed by atoms with Crippen LogP contribution in [0.3, 0.4) is 0 Å². The maximum Gasteiger partial charge on any atom is 0.241 e. The Morgan fingerprint density at radius 2 is 2.14 bits per heavy atom. The average Bonchev–Trinajstić information content (AvgIpc) is 3.12. The van der Waals surface area contributed by atoms with Crippen LogP contribution in [0.1, 0.15) is 30.5 Å². The minimum Gasteiger partial charge on any atom is -0.360 e. The highest BCUT2D eigenvalue weighted by atomic mass is 32.1. The van der Waals surface area contributed by atoms with Crippen LogP contribution in [0.15, 0.2) is 6.07 Å². The fourth-order valence-electron chi connectivity index (χ4n) is 2.62. The summed E-state index contributed by atoms with van der Waals surface area (Å²) in [5, 5.41) is 4.23. The van der Waals surface area contributed by atoms with Gasteiger partial charge in [0, 0.05) is 18.0 Å². The first kappa shape index (κ1) is 14.3. The van der Waals surface area contributed by atoms with Crippen molar-refractivity contribution in [2.24, 2.45) is 0 Å². The Balaban J connectivity index is 1.79. The van der Waals surface area contributed by atoms with Gasteiger partial charge < -0.3 is 10.2 Å². The summed E-state index contributed by atoms with van der Waals surface area (Å²) in [5.41, 5.74) is 0. The molecule has 1 fully saturated rings. The van der Waals surface area contributed by atoms with Crippen LogP contribution in [-0.4, -0.2) is 40.4 Å². The van der Waals surface area contributed by atoms with E-state index in [1.165, 1.54) is 4.88 Å². The maximum atomic E-state index is 12.1. The lowest BCUT2D eigenvalue weighted by Gasteiger charge is -2.16. The molecule has 3 rings (SSSR count). The van der Waals surface area contributed by atoms with Crippen molar-refractivity contribution in [3.8, 4) is 0 Å². The van der Waals surface area contributed by atoms with Gasteiger partial charge in [-0.25, -0.2) is 9.97 Å².